The number of aliphatic imine (C=N–C) groups is 1. The van der Waals surface area contributed by atoms with Crippen molar-refractivity contribution < 1.29 is 4.74 Å². The lowest BCUT2D eigenvalue weighted by atomic mass is 10.1. The highest BCUT2D eigenvalue weighted by Gasteiger charge is 2.25. The maximum absolute atomic E-state index is 6.26. The Labute approximate surface area is 165 Å². The van der Waals surface area contributed by atoms with Crippen molar-refractivity contribution in [1.29, 1.82) is 0 Å². The maximum Gasteiger partial charge on any atom is 0.191 e. The van der Waals surface area contributed by atoms with E-state index in [2.05, 4.69) is 37.6 Å². The summed E-state index contributed by atoms with van der Waals surface area (Å²) >= 11 is 6.26. The van der Waals surface area contributed by atoms with E-state index in [1.54, 1.807) is 20.4 Å². The number of guanidine groups is 1. The molecule has 2 aromatic rings. The number of pyridine rings is 1. The standard InChI is InChI=1S/C20H26ClN5O/c1-22-20(24-12-9-15-5-7-17(27-2)8-6-15)25-16-10-13-26(14-16)19-18(21)4-3-11-23-19/h3-8,11,16H,9-10,12-14H2,1-2H3,(H2,22,24,25). The van der Waals surface area contributed by atoms with Crippen molar-refractivity contribution in [3.8, 4) is 5.75 Å². The van der Waals surface area contributed by atoms with E-state index in [0.29, 0.717) is 11.1 Å². The van der Waals surface area contributed by atoms with E-state index in [0.717, 1.165) is 50.0 Å². The van der Waals surface area contributed by atoms with Crippen LogP contribution in [0.5, 0.6) is 5.75 Å². The highest BCUT2D eigenvalue weighted by atomic mass is 35.5. The summed E-state index contributed by atoms with van der Waals surface area (Å²) < 4.78 is 5.19. The first-order chi connectivity index (χ1) is 13.2. The number of rotatable bonds is 6. The molecule has 1 atom stereocenters. The fourth-order valence-electron chi connectivity index (χ4n) is 3.19. The first-order valence-electron chi connectivity index (χ1n) is 9.15. The molecule has 1 unspecified atom stereocenters. The molecule has 0 radical (unpaired) electrons. The van der Waals surface area contributed by atoms with Gasteiger partial charge in [-0.05, 0) is 42.7 Å². The van der Waals surface area contributed by atoms with Gasteiger partial charge in [-0.1, -0.05) is 23.7 Å². The van der Waals surface area contributed by atoms with Gasteiger partial charge in [-0.25, -0.2) is 4.98 Å². The summed E-state index contributed by atoms with van der Waals surface area (Å²) in [6, 6.07) is 12.2. The van der Waals surface area contributed by atoms with Crippen LogP contribution in [-0.2, 0) is 6.42 Å². The Morgan fingerprint density at radius 1 is 1.33 bits per heavy atom. The Balaban J connectivity index is 1.45. The van der Waals surface area contributed by atoms with Gasteiger partial charge in [0.1, 0.15) is 11.6 Å². The van der Waals surface area contributed by atoms with E-state index in [1.807, 2.05) is 24.3 Å². The van der Waals surface area contributed by atoms with Crippen LogP contribution in [-0.4, -0.2) is 50.8 Å². The summed E-state index contributed by atoms with van der Waals surface area (Å²) in [5.41, 5.74) is 1.26. The summed E-state index contributed by atoms with van der Waals surface area (Å²) in [5.74, 6) is 2.55. The molecule has 27 heavy (non-hydrogen) atoms. The molecule has 1 aromatic heterocycles. The van der Waals surface area contributed by atoms with Gasteiger partial charge >= 0.3 is 0 Å². The topological polar surface area (TPSA) is 61.8 Å². The molecule has 0 aliphatic carbocycles. The zero-order valence-electron chi connectivity index (χ0n) is 15.8. The van der Waals surface area contributed by atoms with Crippen LogP contribution in [0.15, 0.2) is 47.6 Å². The molecule has 0 amide bonds. The number of anilines is 1. The van der Waals surface area contributed by atoms with Gasteiger partial charge in [0, 0.05) is 38.9 Å². The molecule has 1 aliphatic heterocycles. The van der Waals surface area contributed by atoms with Crippen LogP contribution in [0.2, 0.25) is 5.02 Å². The Morgan fingerprint density at radius 2 is 2.15 bits per heavy atom. The normalized spacial score (nSPS) is 17.1. The van der Waals surface area contributed by atoms with E-state index in [-0.39, 0.29) is 0 Å². The number of ether oxygens (including phenoxy) is 1. The summed E-state index contributed by atoms with van der Waals surface area (Å²) in [4.78, 5) is 11.0. The Kier molecular flexibility index (Phi) is 6.76. The zero-order chi connectivity index (χ0) is 19.1. The third-order valence-electron chi connectivity index (χ3n) is 4.66. The molecule has 3 rings (SSSR count). The molecule has 2 heterocycles. The van der Waals surface area contributed by atoms with Crippen LogP contribution in [0.1, 0.15) is 12.0 Å². The predicted octanol–water partition coefficient (Wildman–Crippen LogP) is 2.73. The van der Waals surface area contributed by atoms with E-state index >= 15 is 0 Å². The van der Waals surface area contributed by atoms with Gasteiger partial charge in [0.2, 0.25) is 0 Å². The number of benzene rings is 1. The molecule has 1 saturated heterocycles. The predicted molar refractivity (Wildman–Crippen MR) is 111 cm³/mol. The SMILES string of the molecule is CN=C(NCCc1ccc(OC)cc1)NC1CCN(c2ncccc2Cl)C1. The minimum absolute atomic E-state index is 0.315. The Hall–Kier alpha value is -2.47. The van der Waals surface area contributed by atoms with Crippen molar-refractivity contribution >= 4 is 23.4 Å². The number of hydrogen-bond donors (Lipinski definition) is 2. The van der Waals surface area contributed by atoms with Crippen molar-refractivity contribution in [1.82, 2.24) is 15.6 Å². The van der Waals surface area contributed by atoms with Crippen LogP contribution < -0.4 is 20.3 Å². The summed E-state index contributed by atoms with van der Waals surface area (Å²) in [7, 11) is 3.48. The van der Waals surface area contributed by atoms with E-state index in [1.165, 1.54) is 5.56 Å². The molecule has 2 N–H and O–H groups in total. The Bertz CT molecular complexity index is 765. The number of halogens is 1. The average molecular weight is 388 g/mol. The first kappa shape index (κ1) is 19.3. The van der Waals surface area contributed by atoms with Crippen LogP contribution in [0.4, 0.5) is 5.82 Å². The monoisotopic (exact) mass is 387 g/mol. The van der Waals surface area contributed by atoms with Gasteiger partial charge in [-0.2, -0.15) is 0 Å². The van der Waals surface area contributed by atoms with Crippen molar-refractivity contribution in [2.24, 2.45) is 4.99 Å². The third-order valence-corrected chi connectivity index (χ3v) is 4.95. The molecule has 0 saturated carbocycles. The van der Waals surface area contributed by atoms with E-state index in [9.17, 15) is 0 Å². The molecule has 144 valence electrons. The summed E-state index contributed by atoms with van der Waals surface area (Å²) in [6.45, 7) is 2.60. The van der Waals surface area contributed by atoms with Gasteiger partial charge in [0.15, 0.2) is 5.96 Å². The minimum Gasteiger partial charge on any atom is -0.497 e. The number of hydrogen-bond acceptors (Lipinski definition) is 4. The van der Waals surface area contributed by atoms with Crippen LogP contribution >= 0.6 is 11.6 Å². The number of nitrogens with zero attached hydrogens (tertiary/aromatic N) is 3. The third kappa shape index (κ3) is 5.26. The second-order valence-corrected chi connectivity index (χ2v) is 6.89. The van der Waals surface area contributed by atoms with Crippen LogP contribution in [0, 0.1) is 0 Å². The van der Waals surface area contributed by atoms with Gasteiger partial charge in [0.05, 0.1) is 12.1 Å². The largest absolute Gasteiger partial charge is 0.497 e. The summed E-state index contributed by atoms with van der Waals surface area (Å²) in [5, 5.41) is 7.58. The molecule has 6 nitrogen and oxygen atoms in total. The molecule has 1 aliphatic rings. The lowest BCUT2D eigenvalue weighted by Gasteiger charge is -2.20. The van der Waals surface area contributed by atoms with Crippen LogP contribution in [0.3, 0.4) is 0 Å². The molecule has 7 heteroatoms. The second-order valence-electron chi connectivity index (χ2n) is 6.48. The number of aromatic nitrogens is 1. The highest BCUT2D eigenvalue weighted by molar-refractivity contribution is 6.32. The molecular weight excluding hydrogens is 362 g/mol. The molecule has 0 bridgehead atoms. The van der Waals surface area contributed by atoms with E-state index < -0.39 is 0 Å². The average Bonchev–Trinajstić information content (AvgIpc) is 3.16. The van der Waals surface area contributed by atoms with Gasteiger partial charge in [0.25, 0.3) is 0 Å². The Morgan fingerprint density at radius 3 is 2.85 bits per heavy atom. The lowest BCUT2D eigenvalue weighted by molar-refractivity contribution is 0.414. The fourth-order valence-corrected chi connectivity index (χ4v) is 3.43. The first-order valence-corrected chi connectivity index (χ1v) is 9.53. The minimum atomic E-state index is 0.315. The highest BCUT2D eigenvalue weighted by Crippen LogP contribution is 2.25. The maximum atomic E-state index is 6.26. The van der Waals surface area contributed by atoms with Gasteiger partial charge in [-0.15, -0.1) is 0 Å². The van der Waals surface area contributed by atoms with Crippen molar-refractivity contribution in [2.45, 2.75) is 18.9 Å². The molecular formula is C20H26ClN5O. The fraction of sp³-hybridized carbons (Fsp3) is 0.400. The van der Waals surface area contributed by atoms with E-state index in [4.69, 9.17) is 16.3 Å². The summed E-state index contributed by atoms with van der Waals surface area (Å²) in [6.07, 6.45) is 3.72. The smallest absolute Gasteiger partial charge is 0.191 e. The van der Waals surface area contributed by atoms with Gasteiger partial charge in [-0.3, -0.25) is 4.99 Å². The van der Waals surface area contributed by atoms with Crippen molar-refractivity contribution in [2.75, 3.05) is 38.7 Å². The number of methoxy groups -OCH3 is 1. The number of nitrogens with one attached hydrogen (secondary N) is 2. The zero-order valence-corrected chi connectivity index (χ0v) is 16.5. The quantitative estimate of drug-likeness (QED) is 0.589. The van der Waals surface area contributed by atoms with Crippen molar-refractivity contribution in [3.05, 3.63) is 53.2 Å². The van der Waals surface area contributed by atoms with Crippen molar-refractivity contribution in [3.63, 3.8) is 0 Å². The van der Waals surface area contributed by atoms with Gasteiger partial charge < -0.3 is 20.3 Å². The van der Waals surface area contributed by atoms with Crippen LogP contribution in [0.25, 0.3) is 0 Å². The second kappa shape index (κ2) is 9.46. The molecule has 1 fully saturated rings. The lowest BCUT2D eigenvalue weighted by Crippen LogP contribution is -2.45. The molecule has 0 spiro atoms. The molecule has 1 aromatic carbocycles.